The molecule has 0 aromatic heterocycles. The number of fused-ring (bicyclic) bond motifs is 1. The Morgan fingerprint density at radius 2 is 1.58 bits per heavy atom. The van der Waals surface area contributed by atoms with Gasteiger partial charge in [0.15, 0.2) is 5.78 Å². The summed E-state index contributed by atoms with van der Waals surface area (Å²) in [6.45, 7) is 0. The van der Waals surface area contributed by atoms with E-state index in [1.165, 1.54) is 18.2 Å². The van der Waals surface area contributed by atoms with Gasteiger partial charge in [-0.25, -0.2) is 0 Å². The topological polar surface area (TPSA) is 118 Å². The third-order valence-electron chi connectivity index (χ3n) is 3.70. The van der Waals surface area contributed by atoms with Gasteiger partial charge in [0.2, 0.25) is 0 Å². The van der Waals surface area contributed by atoms with Crippen molar-refractivity contribution in [1.82, 2.24) is 0 Å². The molecule has 6 nitrogen and oxygen atoms in total. The van der Waals surface area contributed by atoms with E-state index in [2.05, 4.69) is 0 Å². The summed E-state index contributed by atoms with van der Waals surface area (Å²) in [6, 6.07) is 13.8. The van der Waals surface area contributed by atoms with E-state index in [0.29, 0.717) is 11.1 Å². The van der Waals surface area contributed by atoms with Crippen molar-refractivity contribution < 1.29 is 22.9 Å². The van der Waals surface area contributed by atoms with Crippen LogP contribution in [0, 0.1) is 0 Å². The molecule has 0 atom stereocenters. The SMILES string of the molecule is Nc1c(S(=O)(=O)O)cc(O)c2cc(C(=O)c3ccccc3)ccc12. The molecule has 0 aliphatic heterocycles. The minimum absolute atomic E-state index is 0.191. The van der Waals surface area contributed by atoms with E-state index in [-0.39, 0.29) is 22.2 Å². The zero-order valence-corrected chi connectivity index (χ0v) is 13.1. The van der Waals surface area contributed by atoms with Crippen LogP contribution in [-0.4, -0.2) is 23.9 Å². The second-order valence-corrected chi connectivity index (χ2v) is 6.63. The first-order chi connectivity index (χ1) is 11.3. The maximum Gasteiger partial charge on any atom is 0.296 e. The highest BCUT2D eigenvalue weighted by Gasteiger charge is 2.20. The zero-order valence-electron chi connectivity index (χ0n) is 12.3. The number of carbonyl (C=O) groups is 1. The summed E-state index contributed by atoms with van der Waals surface area (Å²) in [7, 11) is -4.57. The van der Waals surface area contributed by atoms with E-state index >= 15 is 0 Å². The molecule has 3 aromatic carbocycles. The number of hydrogen-bond acceptors (Lipinski definition) is 5. The van der Waals surface area contributed by atoms with Crippen LogP contribution < -0.4 is 5.73 Å². The summed E-state index contributed by atoms with van der Waals surface area (Å²) in [5.74, 6) is -0.635. The number of anilines is 1. The van der Waals surface area contributed by atoms with E-state index in [9.17, 15) is 22.9 Å². The predicted molar refractivity (Wildman–Crippen MR) is 89.7 cm³/mol. The molecule has 122 valence electrons. The van der Waals surface area contributed by atoms with Crippen molar-refractivity contribution in [2.24, 2.45) is 0 Å². The van der Waals surface area contributed by atoms with Crippen LogP contribution in [0.5, 0.6) is 5.75 Å². The number of nitrogens with two attached hydrogens (primary N) is 1. The molecule has 0 saturated heterocycles. The third-order valence-corrected chi connectivity index (χ3v) is 4.59. The molecule has 3 aromatic rings. The lowest BCUT2D eigenvalue weighted by Crippen LogP contribution is -2.05. The highest BCUT2D eigenvalue weighted by molar-refractivity contribution is 7.86. The number of benzene rings is 3. The third kappa shape index (κ3) is 2.70. The Bertz CT molecular complexity index is 1060. The number of phenolic OH excluding ortho intramolecular Hbond substituents is 1. The van der Waals surface area contributed by atoms with Gasteiger partial charge in [0, 0.05) is 28.0 Å². The molecule has 24 heavy (non-hydrogen) atoms. The minimum atomic E-state index is -4.57. The fourth-order valence-corrected chi connectivity index (χ4v) is 3.16. The van der Waals surface area contributed by atoms with Crippen molar-refractivity contribution >= 4 is 32.4 Å². The molecule has 4 N–H and O–H groups in total. The van der Waals surface area contributed by atoms with Crippen LogP contribution in [-0.2, 0) is 10.1 Å². The second-order valence-electron chi connectivity index (χ2n) is 5.24. The molecule has 0 radical (unpaired) electrons. The Morgan fingerprint density at radius 1 is 0.917 bits per heavy atom. The predicted octanol–water partition coefficient (Wildman–Crippen LogP) is 2.61. The Kier molecular flexibility index (Phi) is 3.75. The highest BCUT2D eigenvalue weighted by atomic mass is 32.2. The van der Waals surface area contributed by atoms with Gasteiger partial charge in [0.1, 0.15) is 10.6 Å². The Balaban J connectivity index is 2.20. The molecule has 0 unspecified atom stereocenters. The molecule has 0 fully saturated rings. The number of nitrogen functional groups attached to an aromatic ring is 1. The van der Waals surface area contributed by atoms with E-state index in [4.69, 9.17) is 5.73 Å². The lowest BCUT2D eigenvalue weighted by Gasteiger charge is -2.10. The summed E-state index contributed by atoms with van der Waals surface area (Å²) in [4.78, 5) is 11.9. The van der Waals surface area contributed by atoms with Crippen LogP contribution in [0.25, 0.3) is 10.8 Å². The van der Waals surface area contributed by atoms with Crippen LogP contribution in [0.3, 0.4) is 0 Å². The Hall–Kier alpha value is -2.90. The molecule has 7 heteroatoms. The molecule has 0 heterocycles. The fraction of sp³-hybridized carbons (Fsp3) is 0. The largest absolute Gasteiger partial charge is 0.507 e. The number of ketones is 1. The number of aromatic hydroxyl groups is 1. The van der Waals surface area contributed by atoms with Gasteiger partial charge in [-0.1, -0.05) is 42.5 Å². The standard InChI is InChI=1S/C17H13NO5S/c18-16-12-7-6-11(17(20)10-4-2-1-3-5-10)8-13(12)14(19)9-15(16)24(21,22)23/h1-9,19H,18H2,(H,21,22,23). The van der Waals surface area contributed by atoms with Crippen LogP contribution in [0.4, 0.5) is 5.69 Å². The summed E-state index contributed by atoms with van der Waals surface area (Å²) in [6.07, 6.45) is 0. The van der Waals surface area contributed by atoms with Gasteiger partial charge in [-0.15, -0.1) is 0 Å². The van der Waals surface area contributed by atoms with Crippen LogP contribution in [0.1, 0.15) is 15.9 Å². The van der Waals surface area contributed by atoms with Gasteiger partial charge in [-0.05, 0) is 6.07 Å². The second kappa shape index (κ2) is 5.63. The van der Waals surface area contributed by atoms with E-state index in [1.807, 2.05) is 0 Å². The lowest BCUT2D eigenvalue weighted by molar-refractivity contribution is 0.103. The number of carbonyl (C=O) groups excluding carboxylic acids is 1. The molecule has 0 spiro atoms. The molecule has 0 saturated carbocycles. The zero-order chi connectivity index (χ0) is 17.5. The number of hydrogen-bond donors (Lipinski definition) is 3. The molecular formula is C17H13NO5S. The van der Waals surface area contributed by atoms with Crippen LogP contribution >= 0.6 is 0 Å². The van der Waals surface area contributed by atoms with Gasteiger partial charge in [-0.2, -0.15) is 8.42 Å². The van der Waals surface area contributed by atoms with Crippen molar-refractivity contribution in [1.29, 1.82) is 0 Å². The first-order valence-corrected chi connectivity index (χ1v) is 8.35. The molecular weight excluding hydrogens is 330 g/mol. The van der Waals surface area contributed by atoms with Gasteiger partial charge in [0.25, 0.3) is 10.1 Å². The smallest absolute Gasteiger partial charge is 0.296 e. The first kappa shape index (κ1) is 16.0. The quantitative estimate of drug-likeness (QED) is 0.291. The maximum atomic E-state index is 12.5. The van der Waals surface area contributed by atoms with Crippen LogP contribution in [0.2, 0.25) is 0 Å². The number of phenols is 1. The van der Waals surface area contributed by atoms with Crippen molar-refractivity contribution in [3.63, 3.8) is 0 Å². The highest BCUT2D eigenvalue weighted by Crippen LogP contribution is 2.35. The van der Waals surface area contributed by atoms with Crippen molar-refractivity contribution in [3.05, 3.63) is 65.7 Å². The van der Waals surface area contributed by atoms with Gasteiger partial charge in [0.05, 0.1) is 5.69 Å². The molecule has 0 aliphatic carbocycles. The molecule has 0 bridgehead atoms. The molecule has 0 aliphatic rings. The van der Waals surface area contributed by atoms with Crippen molar-refractivity contribution in [2.75, 3.05) is 5.73 Å². The normalized spacial score (nSPS) is 11.5. The minimum Gasteiger partial charge on any atom is -0.507 e. The van der Waals surface area contributed by atoms with Crippen LogP contribution in [0.15, 0.2) is 59.5 Å². The van der Waals surface area contributed by atoms with Gasteiger partial charge < -0.3 is 10.8 Å². The van der Waals surface area contributed by atoms with Gasteiger partial charge >= 0.3 is 0 Å². The van der Waals surface area contributed by atoms with Gasteiger partial charge in [-0.3, -0.25) is 9.35 Å². The summed E-state index contributed by atoms with van der Waals surface area (Å²) in [5, 5.41) is 10.5. The van der Waals surface area contributed by atoms with E-state index in [1.54, 1.807) is 30.3 Å². The average Bonchev–Trinajstić information content (AvgIpc) is 2.57. The Labute approximate surface area is 137 Å². The van der Waals surface area contributed by atoms with Crippen molar-refractivity contribution in [2.45, 2.75) is 4.90 Å². The molecule has 3 rings (SSSR count). The monoisotopic (exact) mass is 343 g/mol. The Morgan fingerprint density at radius 3 is 2.21 bits per heavy atom. The molecule has 0 amide bonds. The van der Waals surface area contributed by atoms with E-state index < -0.39 is 20.8 Å². The lowest BCUT2D eigenvalue weighted by atomic mass is 9.99. The summed E-state index contributed by atoms with van der Waals surface area (Å²) < 4.78 is 31.8. The average molecular weight is 343 g/mol. The fourth-order valence-electron chi connectivity index (χ4n) is 2.51. The summed E-state index contributed by atoms with van der Waals surface area (Å²) in [5.41, 5.74) is 6.39. The van der Waals surface area contributed by atoms with E-state index in [0.717, 1.165) is 6.07 Å². The van der Waals surface area contributed by atoms with Crippen molar-refractivity contribution in [3.8, 4) is 5.75 Å². The maximum absolute atomic E-state index is 12.5. The first-order valence-electron chi connectivity index (χ1n) is 6.91. The number of rotatable bonds is 3. The summed E-state index contributed by atoms with van der Waals surface area (Å²) >= 11 is 0.